The van der Waals surface area contributed by atoms with E-state index in [2.05, 4.69) is 50.9 Å². The van der Waals surface area contributed by atoms with Crippen LogP contribution in [-0.2, 0) is 20.7 Å². The summed E-state index contributed by atoms with van der Waals surface area (Å²) < 4.78 is 17.9. The fraction of sp³-hybridized carbons (Fsp3) is 0.481. The summed E-state index contributed by atoms with van der Waals surface area (Å²) in [6.45, 7) is 10.6. The number of benzene rings is 1. The van der Waals surface area contributed by atoms with Crippen LogP contribution in [0.15, 0.2) is 70.9 Å². The summed E-state index contributed by atoms with van der Waals surface area (Å²) in [4.78, 5) is 18.8. The average molecular weight is 462 g/mol. The molecule has 7 heteroatoms. The number of hydrogen-bond acceptors (Lipinski definition) is 5. The van der Waals surface area contributed by atoms with Gasteiger partial charge in [-0.2, -0.15) is 0 Å². The molecule has 0 saturated carbocycles. The number of aliphatic imine (C=N–C) groups is 1. The average Bonchev–Trinajstić information content (AvgIpc) is 3.39. The summed E-state index contributed by atoms with van der Waals surface area (Å²) in [6.07, 6.45) is 9.71. The number of allylic oxidation sites excluding steroid dienone is 5. The van der Waals surface area contributed by atoms with Gasteiger partial charge in [-0.1, -0.05) is 48.6 Å². The Morgan fingerprint density at radius 2 is 1.88 bits per heavy atom. The van der Waals surface area contributed by atoms with E-state index in [4.69, 9.17) is 14.0 Å². The molecule has 4 rings (SSSR count). The number of ether oxygens (including phenoxy) is 1. The van der Waals surface area contributed by atoms with Crippen LogP contribution in [0.2, 0.25) is 5.82 Å². The van der Waals surface area contributed by atoms with E-state index in [1.807, 2.05) is 43.5 Å². The Morgan fingerprint density at radius 3 is 2.50 bits per heavy atom. The fourth-order valence-electron chi connectivity index (χ4n) is 4.22. The van der Waals surface area contributed by atoms with Crippen LogP contribution in [0.25, 0.3) is 0 Å². The highest BCUT2D eigenvalue weighted by Gasteiger charge is 2.53. The lowest BCUT2D eigenvalue weighted by molar-refractivity contribution is 0.00578. The molecule has 1 unspecified atom stereocenters. The van der Waals surface area contributed by atoms with E-state index in [0.29, 0.717) is 0 Å². The molecular weight excluding hydrogens is 427 g/mol. The summed E-state index contributed by atoms with van der Waals surface area (Å²) in [5, 5.41) is 0. The van der Waals surface area contributed by atoms with Gasteiger partial charge in [-0.3, -0.25) is 4.99 Å². The minimum Gasteiger partial charge on any atom is -0.445 e. The molecule has 0 spiro atoms. The lowest BCUT2D eigenvalue weighted by Crippen LogP contribution is -2.41. The molecule has 1 amide bonds. The van der Waals surface area contributed by atoms with Crippen LogP contribution < -0.4 is 0 Å². The van der Waals surface area contributed by atoms with Crippen LogP contribution in [0.3, 0.4) is 0 Å². The zero-order chi connectivity index (χ0) is 24.5. The van der Waals surface area contributed by atoms with E-state index in [-0.39, 0.29) is 42.9 Å². The molecule has 0 radical (unpaired) electrons. The maximum absolute atomic E-state index is 12.5. The lowest BCUT2D eigenvalue weighted by atomic mass is 9.67. The van der Waals surface area contributed by atoms with Gasteiger partial charge in [0.05, 0.1) is 17.2 Å². The SMILES string of the molecule is C[C@@H](C1=NC=C(C2=CCC(B3OC(C)(C)C(C)(C)O3)C=C2)C1)N(C)C(=O)OCc1ccccc1. The molecule has 1 aromatic rings. The normalized spacial score (nSPS) is 23.8. The van der Waals surface area contributed by atoms with Crippen molar-refractivity contribution >= 4 is 18.9 Å². The van der Waals surface area contributed by atoms with E-state index in [1.165, 1.54) is 5.57 Å². The summed E-state index contributed by atoms with van der Waals surface area (Å²) in [7, 11) is 1.52. The van der Waals surface area contributed by atoms with Crippen LogP contribution >= 0.6 is 0 Å². The predicted octanol–water partition coefficient (Wildman–Crippen LogP) is 5.72. The molecule has 0 aromatic heterocycles. The first-order valence-electron chi connectivity index (χ1n) is 12.0. The molecule has 180 valence electrons. The van der Waals surface area contributed by atoms with E-state index in [0.717, 1.165) is 29.7 Å². The highest BCUT2D eigenvalue weighted by Crippen LogP contribution is 2.42. The second-order valence-electron chi connectivity index (χ2n) is 10.3. The van der Waals surface area contributed by atoms with Gasteiger partial charge in [-0.25, -0.2) is 4.79 Å². The lowest BCUT2D eigenvalue weighted by Gasteiger charge is -2.32. The molecule has 3 aliphatic rings. The Morgan fingerprint density at radius 1 is 1.21 bits per heavy atom. The molecule has 1 saturated heterocycles. The van der Waals surface area contributed by atoms with Crippen molar-refractivity contribution in [1.82, 2.24) is 4.90 Å². The summed E-state index contributed by atoms with van der Waals surface area (Å²) in [5.74, 6) is 0.191. The van der Waals surface area contributed by atoms with Crippen LogP contribution in [0, 0.1) is 0 Å². The first-order valence-corrected chi connectivity index (χ1v) is 12.0. The van der Waals surface area contributed by atoms with Crippen LogP contribution in [-0.4, -0.2) is 48.1 Å². The van der Waals surface area contributed by atoms with Crippen molar-refractivity contribution in [3.05, 3.63) is 71.5 Å². The van der Waals surface area contributed by atoms with Crippen molar-refractivity contribution in [3.8, 4) is 0 Å². The standard InChI is InChI=1S/C27H35BN2O4/c1-19(30(6)25(31)32-18-20-10-8-7-9-11-20)24-16-22(17-29-24)21-12-14-23(15-13-21)28-33-26(2,3)27(4,5)34-28/h7-14,17,19,23H,15-16,18H2,1-6H3/t19-,23?/m0/s1. The minimum atomic E-state index is -0.352. The first kappa shape index (κ1) is 24.5. The molecule has 0 N–H and O–H groups in total. The molecule has 6 nitrogen and oxygen atoms in total. The van der Waals surface area contributed by atoms with Gasteiger partial charge in [0.25, 0.3) is 0 Å². The summed E-state index contributed by atoms with van der Waals surface area (Å²) >= 11 is 0. The van der Waals surface area contributed by atoms with Crippen LogP contribution in [0.1, 0.15) is 53.0 Å². The quantitative estimate of drug-likeness (QED) is 0.508. The van der Waals surface area contributed by atoms with Gasteiger partial charge in [-0.15, -0.1) is 0 Å². The second kappa shape index (κ2) is 9.55. The third-order valence-corrected chi connectivity index (χ3v) is 7.44. The van der Waals surface area contributed by atoms with Crippen molar-refractivity contribution in [1.29, 1.82) is 0 Å². The van der Waals surface area contributed by atoms with Gasteiger partial charge in [0.1, 0.15) is 6.61 Å². The van der Waals surface area contributed by atoms with Crippen molar-refractivity contribution in [2.45, 2.75) is 77.1 Å². The Labute approximate surface area is 203 Å². The minimum absolute atomic E-state index is 0.150. The molecule has 1 fully saturated rings. The van der Waals surface area contributed by atoms with E-state index >= 15 is 0 Å². The Kier molecular flexibility index (Phi) is 6.88. The van der Waals surface area contributed by atoms with Gasteiger partial charge in [-0.05, 0) is 57.7 Å². The number of nitrogens with zero attached hydrogens (tertiary/aromatic N) is 2. The number of rotatable bonds is 6. The smallest absolute Gasteiger partial charge is 0.445 e. The highest BCUT2D eigenvalue weighted by atomic mass is 16.7. The van der Waals surface area contributed by atoms with Gasteiger partial charge in [0.15, 0.2) is 0 Å². The third-order valence-electron chi connectivity index (χ3n) is 7.44. The van der Waals surface area contributed by atoms with Crippen LogP contribution in [0.5, 0.6) is 0 Å². The zero-order valence-electron chi connectivity index (χ0n) is 21.1. The third kappa shape index (κ3) is 5.06. The van der Waals surface area contributed by atoms with E-state index in [1.54, 1.807) is 11.9 Å². The number of carbonyl (C=O) groups is 1. The number of amides is 1. The maximum Gasteiger partial charge on any atom is 0.465 e. The van der Waals surface area contributed by atoms with Gasteiger partial charge < -0.3 is 18.9 Å². The van der Waals surface area contributed by atoms with Gasteiger partial charge in [0, 0.05) is 31.2 Å². The second-order valence-corrected chi connectivity index (χ2v) is 10.3. The van der Waals surface area contributed by atoms with Crippen molar-refractivity contribution < 1.29 is 18.8 Å². The topological polar surface area (TPSA) is 60.4 Å². The Hall–Kier alpha value is -2.64. The van der Waals surface area contributed by atoms with Gasteiger partial charge in [0.2, 0.25) is 0 Å². The van der Waals surface area contributed by atoms with Crippen molar-refractivity contribution in [3.63, 3.8) is 0 Å². The summed E-state index contributed by atoms with van der Waals surface area (Å²) in [5.41, 5.74) is 3.61. The Balaban J connectivity index is 1.28. The van der Waals surface area contributed by atoms with Crippen LogP contribution in [0.4, 0.5) is 4.79 Å². The van der Waals surface area contributed by atoms with E-state index < -0.39 is 0 Å². The first-order chi connectivity index (χ1) is 16.1. The monoisotopic (exact) mass is 462 g/mol. The molecule has 2 aliphatic heterocycles. The Bertz CT molecular complexity index is 1030. The van der Waals surface area contributed by atoms with Crippen molar-refractivity contribution in [2.75, 3.05) is 7.05 Å². The molecular formula is C27H35BN2O4. The molecule has 2 atom stereocenters. The number of carbonyl (C=O) groups excluding carboxylic acids is 1. The van der Waals surface area contributed by atoms with Gasteiger partial charge >= 0.3 is 13.2 Å². The number of hydrogen-bond donors (Lipinski definition) is 0. The molecule has 34 heavy (non-hydrogen) atoms. The van der Waals surface area contributed by atoms with Crippen molar-refractivity contribution in [2.24, 2.45) is 4.99 Å². The maximum atomic E-state index is 12.5. The largest absolute Gasteiger partial charge is 0.465 e. The fourth-order valence-corrected chi connectivity index (χ4v) is 4.22. The highest BCUT2D eigenvalue weighted by molar-refractivity contribution is 6.48. The molecule has 1 aromatic carbocycles. The molecule has 1 aliphatic carbocycles. The molecule has 2 heterocycles. The summed E-state index contributed by atoms with van der Waals surface area (Å²) in [6, 6.07) is 9.54. The molecule has 0 bridgehead atoms. The van der Waals surface area contributed by atoms with E-state index in [9.17, 15) is 4.79 Å². The predicted molar refractivity (Wildman–Crippen MR) is 136 cm³/mol. The zero-order valence-corrected chi connectivity index (χ0v) is 21.1.